The lowest BCUT2D eigenvalue weighted by Gasteiger charge is -2.16. The van der Waals surface area contributed by atoms with Crippen LogP contribution >= 0.6 is 0 Å². The van der Waals surface area contributed by atoms with Crippen LogP contribution in [0.25, 0.3) is 0 Å². The molecule has 0 aliphatic carbocycles. The van der Waals surface area contributed by atoms with Crippen molar-refractivity contribution in [2.24, 2.45) is 5.73 Å². The summed E-state index contributed by atoms with van der Waals surface area (Å²) in [5.74, 6) is -7.14. The van der Waals surface area contributed by atoms with Gasteiger partial charge in [-0.1, -0.05) is 0 Å². The number of rotatable bonds is 17. The van der Waals surface area contributed by atoms with E-state index in [1.165, 1.54) is 0 Å². The first-order chi connectivity index (χ1) is 17.4. The molecule has 12 N–H and O–H groups in total. The maximum atomic E-state index is 12.0. The average Bonchev–Trinajstić information content (AvgIpc) is 2.87. The zero-order chi connectivity index (χ0) is 28.4. The first-order valence-corrected chi connectivity index (χ1v) is 10.5. The second-order valence-corrected chi connectivity index (χ2v) is 6.97. The molecule has 0 saturated heterocycles. The molecule has 0 aromatic heterocycles. The molecule has 0 saturated carbocycles. The van der Waals surface area contributed by atoms with Gasteiger partial charge >= 0.3 is 5.97 Å². The van der Waals surface area contributed by atoms with E-state index in [2.05, 4.69) is 31.9 Å². The summed E-state index contributed by atoms with van der Waals surface area (Å²) in [6.07, 6.45) is 0. The highest BCUT2D eigenvalue weighted by Gasteiger charge is 2.21. The fourth-order valence-corrected chi connectivity index (χ4v) is 2.14. The van der Waals surface area contributed by atoms with E-state index in [4.69, 9.17) is 15.9 Å². The molecule has 0 spiro atoms. The van der Waals surface area contributed by atoms with Gasteiger partial charge in [0.1, 0.15) is 12.1 Å². The van der Waals surface area contributed by atoms with E-state index in [0.29, 0.717) is 0 Å². The molecule has 19 nitrogen and oxygen atoms in total. The second kappa shape index (κ2) is 18.0. The Morgan fingerprint density at radius 1 is 0.541 bits per heavy atom. The Bertz CT molecular complexity index is 867. The number of aliphatic hydroxyl groups excluding tert-OH is 2. The average molecular weight is 534 g/mol. The van der Waals surface area contributed by atoms with Crippen molar-refractivity contribution in [2.45, 2.75) is 12.1 Å². The van der Waals surface area contributed by atoms with Crippen LogP contribution in [-0.4, -0.2) is 127 Å². The van der Waals surface area contributed by atoms with Crippen molar-refractivity contribution in [3.63, 3.8) is 0 Å². The number of amides is 7. The smallest absolute Gasteiger partial charge is 0.328 e. The highest BCUT2D eigenvalue weighted by atomic mass is 16.4. The Balaban J connectivity index is 4.28. The van der Waals surface area contributed by atoms with Crippen molar-refractivity contribution in [3.05, 3.63) is 0 Å². The molecule has 19 heteroatoms. The molecule has 2 unspecified atom stereocenters. The molecular weight excluding hydrogens is 504 g/mol. The molecular formula is C18H30N8O11. The van der Waals surface area contributed by atoms with Crippen molar-refractivity contribution in [1.82, 2.24) is 37.2 Å². The first-order valence-electron chi connectivity index (χ1n) is 10.5. The molecule has 0 aliphatic heterocycles. The Hall–Kier alpha value is -4.36. The normalized spacial score (nSPS) is 11.6. The van der Waals surface area contributed by atoms with Gasteiger partial charge in [0, 0.05) is 0 Å². The maximum absolute atomic E-state index is 12.0. The Kier molecular flexibility index (Phi) is 15.9. The molecule has 37 heavy (non-hydrogen) atoms. The number of carbonyl (C=O) groups excluding carboxylic acids is 7. The summed E-state index contributed by atoms with van der Waals surface area (Å²) in [5, 5.41) is 41.5. The van der Waals surface area contributed by atoms with E-state index >= 15 is 0 Å². The van der Waals surface area contributed by atoms with E-state index in [1.807, 2.05) is 5.32 Å². The number of carbonyl (C=O) groups is 8. The van der Waals surface area contributed by atoms with E-state index < -0.39 is 105 Å². The summed E-state index contributed by atoms with van der Waals surface area (Å²) in [6, 6.07) is -3.01. The molecule has 2 atom stereocenters. The first kappa shape index (κ1) is 32.6. The van der Waals surface area contributed by atoms with E-state index in [0.717, 1.165) is 0 Å². The van der Waals surface area contributed by atoms with Crippen LogP contribution in [0.5, 0.6) is 0 Å². The van der Waals surface area contributed by atoms with Crippen molar-refractivity contribution >= 4 is 47.3 Å². The second-order valence-electron chi connectivity index (χ2n) is 6.97. The summed E-state index contributed by atoms with van der Waals surface area (Å²) >= 11 is 0. The van der Waals surface area contributed by atoms with E-state index in [-0.39, 0.29) is 6.54 Å². The summed E-state index contributed by atoms with van der Waals surface area (Å²) in [5.41, 5.74) is 5.05. The van der Waals surface area contributed by atoms with Gasteiger partial charge in [-0.3, -0.25) is 33.6 Å². The molecule has 0 radical (unpaired) electrons. The van der Waals surface area contributed by atoms with Crippen molar-refractivity contribution in [2.75, 3.05) is 52.5 Å². The van der Waals surface area contributed by atoms with E-state index in [1.54, 1.807) is 0 Å². The summed E-state index contributed by atoms with van der Waals surface area (Å²) in [6.45, 7) is -4.91. The number of nitrogens with two attached hydrogens (primary N) is 1. The van der Waals surface area contributed by atoms with Gasteiger partial charge in [-0.2, -0.15) is 0 Å². The van der Waals surface area contributed by atoms with Gasteiger partial charge < -0.3 is 58.3 Å². The molecule has 0 fully saturated rings. The fourth-order valence-electron chi connectivity index (χ4n) is 2.14. The van der Waals surface area contributed by atoms with Gasteiger partial charge in [-0.05, 0) is 0 Å². The summed E-state index contributed by atoms with van der Waals surface area (Å²) < 4.78 is 0. The van der Waals surface area contributed by atoms with Crippen molar-refractivity contribution in [1.29, 1.82) is 0 Å². The molecule has 7 amide bonds. The van der Waals surface area contributed by atoms with Gasteiger partial charge in [0.2, 0.25) is 41.4 Å². The van der Waals surface area contributed by atoms with Crippen LogP contribution in [0.4, 0.5) is 0 Å². The topological polar surface area (TPSA) is 307 Å². The number of nitrogens with one attached hydrogen (secondary N) is 7. The largest absolute Gasteiger partial charge is 0.480 e. The molecule has 0 aliphatic rings. The number of hydrogen-bond donors (Lipinski definition) is 11. The van der Waals surface area contributed by atoms with Crippen LogP contribution in [0, 0.1) is 0 Å². The lowest BCUT2D eigenvalue weighted by molar-refractivity contribution is -0.142. The third kappa shape index (κ3) is 15.3. The van der Waals surface area contributed by atoms with Gasteiger partial charge in [0.05, 0.1) is 52.5 Å². The molecule has 0 rings (SSSR count). The third-order valence-corrected chi connectivity index (χ3v) is 4.04. The van der Waals surface area contributed by atoms with Crippen LogP contribution in [0.15, 0.2) is 0 Å². The number of carboxylic acid groups (broad SMARTS) is 1. The fraction of sp³-hybridized carbons (Fsp3) is 0.556. The lowest BCUT2D eigenvalue weighted by Crippen LogP contribution is -2.53. The van der Waals surface area contributed by atoms with Gasteiger partial charge in [-0.15, -0.1) is 0 Å². The van der Waals surface area contributed by atoms with Crippen molar-refractivity contribution in [3.8, 4) is 0 Å². The minimum atomic E-state index is -1.55. The molecule has 0 bridgehead atoms. The van der Waals surface area contributed by atoms with Crippen molar-refractivity contribution < 1.29 is 53.7 Å². The predicted molar refractivity (Wildman–Crippen MR) is 120 cm³/mol. The van der Waals surface area contributed by atoms with Gasteiger partial charge in [0.25, 0.3) is 0 Å². The third-order valence-electron chi connectivity index (χ3n) is 4.04. The minimum absolute atomic E-state index is 0.326. The Morgan fingerprint density at radius 2 is 0.892 bits per heavy atom. The molecule has 208 valence electrons. The summed E-state index contributed by atoms with van der Waals surface area (Å²) in [7, 11) is 0. The zero-order valence-corrected chi connectivity index (χ0v) is 19.5. The Labute approximate surface area is 209 Å². The number of aliphatic carboxylic acids is 1. The number of carboxylic acids is 1. The molecule has 0 aromatic rings. The predicted octanol–water partition coefficient (Wildman–Crippen LogP) is -8.44. The highest BCUT2D eigenvalue weighted by Crippen LogP contribution is 1.84. The number of hydrogen-bond acceptors (Lipinski definition) is 11. The SMILES string of the molecule is NCC(=O)NCC(=O)NCC(=O)NC(CO)C(=O)NCC(=O)NCC(=O)NCC(=O)NC(CO)C(=O)O. The van der Waals surface area contributed by atoms with Gasteiger partial charge in [0.15, 0.2) is 0 Å². The minimum Gasteiger partial charge on any atom is -0.480 e. The summed E-state index contributed by atoms with van der Waals surface area (Å²) in [4.78, 5) is 92.0. The monoisotopic (exact) mass is 534 g/mol. The van der Waals surface area contributed by atoms with Crippen LogP contribution < -0.4 is 43.0 Å². The Morgan fingerprint density at radius 3 is 1.27 bits per heavy atom. The quantitative estimate of drug-likeness (QED) is 0.0829. The van der Waals surface area contributed by atoms with Gasteiger partial charge in [-0.25, -0.2) is 4.79 Å². The standard InChI is InChI=1S/C18H30N8O11/c19-1-11(29)20-2-12(30)22-5-15(33)25-9(7-27)17(35)24-4-14(32)21-3-13(31)23-6-16(34)26-10(8-28)18(36)37/h9-10,27-28H,1-8,19H2,(H,20,29)(H,21,32)(H,22,30)(H,23,31)(H,24,35)(H,25,33)(H,26,34)(H,36,37). The highest BCUT2D eigenvalue weighted by molar-refractivity contribution is 5.94. The lowest BCUT2D eigenvalue weighted by atomic mass is 10.3. The zero-order valence-electron chi connectivity index (χ0n) is 19.5. The van der Waals surface area contributed by atoms with Crippen LogP contribution in [0.1, 0.15) is 0 Å². The van der Waals surface area contributed by atoms with E-state index in [9.17, 15) is 43.5 Å². The van der Waals surface area contributed by atoms with Crippen LogP contribution in [0.2, 0.25) is 0 Å². The maximum Gasteiger partial charge on any atom is 0.328 e. The molecule has 0 heterocycles. The number of aliphatic hydroxyl groups is 2. The molecule has 0 aromatic carbocycles. The van der Waals surface area contributed by atoms with Crippen LogP contribution in [0.3, 0.4) is 0 Å². The van der Waals surface area contributed by atoms with Crippen LogP contribution in [-0.2, 0) is 38.4 Å².